The van der Waals surface area contributed by atoms with E-state index in [1.807, 2.05) is 13.0 Å². The first-order valence-corrected chi connectivity index (χ1v) is 9.20. The number of halogens is 1. The summed E-state index contributed by atoms with van der Waals surface area (Å²) in [4.78, 5) is 35.1. The van der Waals surface area contributed by atoms with E-state index in [4.69, 9.17) is 16.3 Å². The molecule has 6 nitrogen and oxygen atoms in total. The van der Waals surface area contributed by atoms with Crippen LogP contribution in [-0.2, 0) is 4.74 Å². The van der Waals surface area contributed by atoms with Gasteiger partial charge in [0, 0.05) is 16.6 Å². The lowest BCUT2D eigenvalue weighted by Crippen LogP contribution is -2.16. The van der Waals surface area contributed by atoms with Crippen LogP contribution >= 0.6 is 22.9 Å². The highest BCUT2D eigenvalue weighted by Gasteiger charge is 2.21. The van der Waals surface area contributed by atoms with E-state index in [1.165, 1.54) is 10.6 Å². The summed E-state index contributed by atoms with van der Waals surface area (Å²) < 4.78 is 6.52. The Labute approximate surface area is 157 Å². The quantitative estimate of drug-likeness (QED) is 0.385. The molecule has 3 aromatic heterocycles. The molecule has 0 spiro atoms. The number of thiazole rings is 1. The molecular formula is C18H14ClN3O3S. The number of nitrogens with zero attached hydrogens (tertiary/aromatic N) is 3. The van der Waals surface area contributed by atoms with Gasteiger partial charge in [-0.05, 0) is 38.5 Å². The maximum atomic E-state index is 13.0. The number of benzene rings is 1. The Balaban J connectivity index is 2.13. The van der Waals surface area contributed by atoms with Crippen molar-refractivity contribution in [1.29, 1.82) is 0 Å². The van der Waals surface area contributed by atoms with Crippen molar-refractivity contribution >= 4 is 55.7 Å². The number of esters is 1. The Bertz CT molecular complexity index is 1280. The second-order valence-corrected chi connectivity index (χ2v) is 7.25. The lowest BCUT2D eigenvalue weighted by molar-refractivity contribution is 0.0531. The van der Waals surface area contributed by atoms with Gasteiger partial charge < -0.3 is 4.74 Å². The van der Waals surface area contributed by atoms with Gasteiger partial charge in [-0.25, -0.2) is 9.78 Å². The van der Waals surface area contributed by atoms with Crippen molar-refractivity contribution in [1.82, 2.24) is 14.4 Å². The maximum absolute atomic E-state index is 13.0. The van der Waals surface area contributed by atoms with E-state index in [1.54, 1.807) is 19.9 Å². The Hall–Kier alpha value is -2.51. The Kier molecular flexibility index (Phi) is 3.93. The van der Waals surface area contributed by atoms with Gasteiger partial charge in [0.1, 0.15) is 4.88 Å². The fourth-order valence-corrected chi connectivity index (χ4v) is 4.18. The molecule has 0 saturated heterocycles. The smallest absolute Gasteiger partial charge is 0.350 e. The maximum Gasteiger partial charge on any atom is 0.350 e. The summed E-state index contributed by atoms with van der Waals surface area (Å²) in [5.41, 5.74) is 2.37. The van der Waals surface area contributed by atoms with Crippen LogP contribution in [0.2, 0.25) is 5.02 Å². The van der Waals surface area contributed by atoms with Crippen molar-refractivity contribution in [3.8, 4) is 0 Å². The Morgan fingerprint density at radius 3 is 2.77 bits per heavy atom. The molecule has 132 valence electrons. The molecule has 0 bridgehead atoms. The molecule has 26 heavy (non-hydrogen) atoms. The highest BCUT2D eigenvalue weighted by atomic mass is 35.5. The number of ether oxygens (including phenoxy) is 1. The SMILES string of the molecule is CCOC(=O)c1sc2nc3c(cnc4c(C)c(Cl)ccc43)c(=O)n2c1C. The zero-order chi connectivity index (χ0) is 18.6. The zero-order valence-electron chi connectivity index (χ0n) is 14.3. The summed E-state index contributed by atoms with van der Waals surface area (Å²) in [6, 6.07) is 3.59. The first kappa shape index (κ1) is 16.9. The number of aromatic nitrogens is 3. The highest BCUT2D eigenvalue weighted by molar-refractivity contribution is 7.19. The van der Waals surface area contributed by atoms with Crippen LogP contribution in [0.25, 0.3) is 26.8 Å². The summed E-state index contributed by atoms with van der Waals surface area (Å²) in [7, 11) is 0. The van der Waals surface area contributed by atoms with E-state index in [0.717, 1.165) is 22.3 Å². The molecule has 0 fully saturated rings. The first-order chi connectivity index (χ1) is 12.4. The van der Waals surface area contributed by atoms with E-state index in [-0.39, 0.29) is 12.2 Å². The molecule has 0 N–H and O–H groups in total. The lowest BCUT2D eigenvalue weighted by atomic mass is 10.1. The van der Waals surface area contributed by atoms with Gasteiger partial charge in [0.05, 0.1) is 28.7 Å². The Morgan fingerprint density at radius 2 is 2.04 bits per heavy atom. The Morgan fingerprint density at radius 1 is 1.27 bits per heavy atom. The predicted molar refractivity (Wildman–Crippen MR) is 103 cm³/mol. The zero-order valence-corrected chi connectivity index (χ0v) is 15.9. The fourth-order valence-electron chi connectivity index (χ4n) is 3.02. The van der Waals surface area contributed by atoms with Crippen LogP contribution < -0.4 is 5.56 Å². The molecule has 0 amide bonds. The van der Waals surface area contributed by atoms with Crippen LogP contribution in [0.15, 0.2) is 23.1 Å². The van der Waals surface area contributed by atoms with Gasteiger partial charge in [0.2, 0.25) is 0 Å². The number of fused-ring (bicyclic) bond motifs is 4. The second kappa shape index (κ2) is 6.03. The number of hydrogen-bond donors (Lipinski definition) is 0. The van der Waals surface area contributed by atoms with Crippen LogP contribution in [0.1, 0.15) is 27.9 Å². The molecule has 1 aromatic carbocycles. The van der Waals surface area contributed by atoms with Crippen LogP contribution in [0.4, 0.5) is 0 Å². The molecule has 0 radical (unpaired) electrons. The summed E-state index contributed by atoms with van der Waals surface area (Å²) in [5, 5.41) is 1.76. The highest BCUT2D eigenvalue weighted by Crippen LogP contribution is 2.29. The third kappa shape index (κ3) is 2.31. The van der Waals surface area contributed by atoms with Crippen molar-refractivity contribution in [2.75, 3.05) is 6.61 Å². The van der Waals surface area contributed by atoms with Crippen LogP contribution in [0.5, 0.6) is 0 Å². The van der Waals surface area contributed by atoms with E-state index in [9.17, 15) is 9.59 Å². The average Bonchev–Trinajstić information content (AvgIpc) is 2.95. The topological polar surface area (TPSA) is 73.6 Å². The average molecular weight is 388 g/mol. The normalized spacial score (nSPS) is 11.5. The molecular weight excluding hydrogens is 374 g/mol. The molecule has 0 aliphatic carbocycles. The van der Waals surface area contributed by atoms with Crippen molar-refractivity contribution in [3.63, 3.8) is 0 Å². The first-order valence-electron chi connectivity index (χ1n) is 8.00. The van der Waals surface area contributed by atoms with E-state index < -0.39 is 5.97 Å². The van der Waals surface area contributed by atoms with Crippen LogP contribution in [0.3, 0.4) is 0 Å². The molecule has 0 aliphatic heterocycles. The molecule has 0 unspecified atom stereocenters. The molecule has 3 heterocycles. The predicted octanol–water partition coefficient (Wildman–Crippen LogP) is 3.90. The van der Waals surface area contributed by atoms with Gasteiger partial charge in [0.15, 0.2) is 4.96 Å². The van der Waals surface area contributed by atoms with Crippen molar-refractivity contribution in [2.24, 2.45) is 0 Å². The minimum atomic E-state index is -0.449. The van der Waals surface area contributed by atoms with Gasteiger partial charge in [-0.15, -0.1) is 0 Å². The number of carbonyl (C=O) groups excluding carboxylic acids is 1. The number of rotatable bonds is 2. The largest absolute Gasteiger partial charge is 0.462 e. The lowest BCUT2D eigenvalue weighted by Gasteiger charge is -2.07. The third-order valence-corrected chi connectivity index (χ3v) is 5.88. The number of hydrogen-bond acceptors (Lipinski definition) is 6. The van der Waals surface area contributed by atoms with Gasteiger partial charge in [0.25, 0.3) is 5.56 Å². The molecule has 4 aromatic rings. The number of pyridine rings is 1. The van der Waals surface area contributed by atoms with E-state index in [2.05, 4.69) is 9.97 Å². The molecule has 8 heteroatoms. The minimum Gasteiger partial charge on any atom is -0.462 e. The van der Waals surface area contributed by atoms with E-state index in [0.29, 0.717) is 37.0 Å². The monoisotopic (exact) mass is 387 g/mol. The van der Waals surface area contributed by atoms with Gasteiger partial charge >= 0.3 is 5.97 Å². The van der Waals surface area contributed by atoms with Gasteiger partial charge in [-0.3, -0.25) is 14.2 Å². The number of aryl methyl sites for hydroxylation is 2. The van der Waals surface area contributed by atoms with E-state index >= 15 is 0 Å². The fraction of sp³-hybridized carbons (Fsp3) is 0.222. The van der Waals surface area contributed by atoms with Crippen LogP contribution in [0, 0.1) is 13.8 Å². The molecule has 0 atom stereocenters. The van der Waals surface area contributed by atoms with Gasteiger partial charge in [-0.2, -0.15) is 0 Å². The van der Waals surface area contributed by atoms with Crippen molar-refractivity contribution in [2.45, 2.75) is 20.8 Å². The molecule has 0 saturated carbocycles. The minimum absolute atomic E-state index is 0.253. The van der Waals surface area contributed by atoms with Gasteiger partial charge in [-0.1, -0.05) is 22.9 Å². The summed E-state index contributed by atoms with van der Waals surface area (Å²) >= 11 is 7.33. The summed E-state index contributed by atoms with van der Waals surface area (Å²) in [6.07, 6.45) is 1.52. The molecule has 0 aliphatic rings. The summed E-state index contributed by atoms with van der Waals surface area (Å²) in [5.74, 6) is -0.449. The third-order valence-electron chi connectivity index (χ3n) is 4.35. The number of carbonyl (C=O) groups is 1. The molecule has 4 rings (SSSR count). The second-order valence-electron chi connectivity index (χ2n) is 5.86. The van der Waals surface area contributed by atoms with Crippen LogP contribution in [-0.4, -0.2) is 26.9 Å². The van der Waals surface area contributed by atoms with Crippen molar-refractivity contribution in [3.05, 3.63) is 49.8 Å². The standard InChI is InChI=1S/C18H14ClN3O3S/c1-4-25-17(24)15-9(3)22-16(23)11-7-20-13-8(2)12(19)6-5-10(13)14(11)21-18(22)26-15/h5-7H,4H2,1-3H3. The van der Waals surface area contributed by atoms with Crippen molar-refractivity contribution < 1.29 is 9.53 Å². The summed E-state index contributed by atoms with van der Waals surface area (Å²) in [6.45, 7) is 5.60.